The number of rotatable bonds is 5. The summed E-state index contributed by atoms with van der Waals surface area (Å²) in [4.78, 5) is 25.1. The molecule has 0 fully saturated rings. The number of nitrogens with one attached hydrogen (secondary N) is 1. The van der Waals surface area contributed by atoms with Crippen molar-refractivity contribution in [3.8, 4) is 6.07 Å². The molecule has 1 atom stereocenters. The lowest BCUT2D eigenvalue weighted by molar-refractivity contribution is -0.384. The van der Waals surface area contributed by atoms with Gasteiger partial charge in [-0.1, -0.05) is 6.92 Å². The van der Waals surface area contributed by atoms with E-state index >= 15 is 0 Å². The molecule has 0 aliphatic rings. The maximum atomic E-state index is 11.1. The quantitative estimate of drug-likeness (QED) is 0.609. The topological polar surface area (TPSA) is 129 Å². The first-order valence-corrected chi connectivity index (χ1v) is 5.40. The number of aromatic nitrogens is 1. The van der Waals surface area contributed by atoms with Gasteiger partial charge in [0.25, 0.3) is 0 Å². The number of nitro groups is 1. The number of nitriles is 1. The smallest absolute Gasteiger partial charge is 0.329 e. The first-order valence-electron chi connectivity index (χ1n) is 5.40. The predicted octanol–water partition coefficient (Wildman–Crippen LogP) is 1.53. The van der Waals surface area contributed by atoms with Crippen molar-refractivity contribution < 1.29 is 14.8 Å². The van der Waals surface area contributed by atoms with Gasteiger partial charge in [-0.3, -0.25) is 10.1 Å². The highest BCUT2D eigenvalue weighted by molar-refractivity contribution is 5.82. The van der Waals surface area contributed by atoms with E-state index in [1.807, 2.05) is 0 Å². The molecule has 100 valence electrons. The van der Waals surface area contributed by atoms with Crippen LogP contribution in [0.3, 0.4) is 0 Å². The monoisotopic (exact) mass is 264 g/mol. The summed E-state index contributed by atoms with van der Waals surface area (Å²) in [6, 6.07) is 2.79. The number of hydrogen-bond donors (Lipinski definition) is 2. The minimum Gasteiger partial charge on any atom is -0.480 e. The fourth-order valence-corrected chi connectivity index (χ4v) is 1.30. The molecule has 0 aliphatic carbocycles. The Hall–Kier alpha value is -2.69. The highest BCUT2D eigenvalue weighted by atomic mass is 16.6. The van der Waals surface area contributed by atoms with Gasteiger partial charge in [0.1, 0.15) is 11.6 Å². The van der Waals surface area contributed by atoms with E-state index in [-0.39, 0.29) is 17.8 Å². The molecule has 1 aromatic heterocycles. The van der Waals surface area contributed by atoms with Gasteiger partial charge in [0.15, 0.2) is 0 Å². The van der Waals surface area contributed by atoms with E-state index in [1.165, 1.54) is 6.92 Å². The zero-order valence-corrected chi connectivity index (χ0v) is 10.4. The van der Waals surface area contributed by atoms with Gasteiger partial charge in [0, 0.05) is 12.3 Å². The maximum absolute atomic E-state index is 11.1. The molecular weight excluding hydrogens is 252 g/mol. The van der Waals surface area contributed by atoms with Gasteiger partial charge in [-0.05, 0) is 13.3 Å². The van der Waals surface area contributed by atoms with Gasteiger partial charge in [-0.2, -0.15) is 5.26 Å². The van der Waals surface area contributed by atoms with Crippen molar-refractivity contribution in [1.29, 1.82) is 5.26 Å². The van der Waals surface area contributed by atoms with Crippen molar-refractivity contribution >= 4 is 17.5 Å². The SMILES string of the molecule is CCC(C)(Nc1ncc(C#N)cc1[N+](=O)[O-])C(=O)O. The normalized spacial score (nSPS) is 13.1. The van der Waals surface area contributed by atoms with Crippen LogP contribution < -0.4 is 5.32 Å². The minimum atomic E-state index is -1.37. The second-order valence-electron chi connectivity index (χ2n) is 4.08. The first-order chi connectivity index (χ1) is 8.84. The number of anilines is 1. The van der Waals surface area contributed by atoms with E-state index in [0.29, 0.717) is 0 Å². The van der Waals surface area contributed by atoms with Gasteiger partial charge in [-0.25, -0.2) is 9.78 Å². The average Bonchev–Trinajstić information content (AvgIpc) is 2.38. The molecule has 0 spiro atoms. The van der Waals surface area contributed by atoms with E-state index in [0.717, 1.165) is 12.3 Å². The Morgan fingerprint density at radius 3 is 2.79 bits per heavy atom. The molecule has 0 aliphatic heterocycles. The van der Waals surface area contributed by atoms with Crippen LogP contribution in [0.4, 0.5) is 11.5 Å². The maximum Gasteiger partial charge on any atom is 0.329 e. The minimum absolute atomic E-state index is 0.0331. The van der Waals surface area contributed by atoms with Gasteiger partial charge >= 0.3 is 11.7 Å². The molecule has 0 amide bonds. The van der Waals surface area contributed by atoms with Gasteiger partial charge in [0.2, 0.25) is 5.82 Å². The van der Waals surface area contributed by atoms with Crippen LogP contribution in [0.1, 0.15) is 25.8 Å². The van der Waals surface area contributed by atoms with E-state index < -0.39 is 22.1 Å². The van der Waals surface area contributed by atoms with E-state index in [4.69, 9.17) is 10.4 Å². The van der Waals surface area contributed by atoms with Gasteiger partial charge < -0.3 is 10.4 Å². The molecule has 0 radical (unpaired) electrons. The Balaban J connectivity index is 3.25. The standard InChI is InChI=1S/C11H12N4O4/c1-3-11(2,10(16)17)14-9-8(15(18)19)4-7(5-12)6-13-9/h4,6H,3H2,1-2H3,(H,13,14)(H,16,17). The molecule has 1 aromatic rings. The molecule has 0 saturated heterocycles. The Morgan fingerprint density at radius 1 is 1.74 bits per heavy atom. The Bertz CT molecular complexity index is 566. The molecule has 0 aromatic carbocycles. The molecular formula is C11H12N4O4. The van der Waals surface area contributed by atoms with Crippen LogP contribution in [-0.2, 0) is 4.79 Å². The number of aliphatic carboxylic acids is 1. The summed E-state index contributed by atoms with van der Waals surface area (Å²) in [6.45, 7) is 3.04. The summed E-state index contributed by atoms with van der Waals surface area (Å²) in [5.74, 6) is -1.31. The highest BCUT2D eigenvalue weighted by Crippen LogP contribution is 2.26. The highest BCUT2D eigenvalue weighted by Gasteiger charge is 2.33. The molecule has 1 rings (SSSR count). The number of pyridine rings is 1. The lowest BCUT2D eigenvalue weighted by Gasteiger charge is -2.24. The number of carbonyl (C=O) groups is 1. The van der Waals surface area contributed by atoms with Crippen LogP contribution in [0.2, 0.25) is 0 Å². The molecule has 2 N–H and O–H groups in total. The molecule has 0 saturated carbocycles. The third-order valence-corrected chi connectivity index (χ3v) is 2.77. The van der Waals surface area contributed by atoms with Crippen molar-refractivity contribution in [1.82, 2.24) is 4.98 Å². The summed E-state index contributed by atoms with van der Waals surface area (Å²) in [5.41, 5.74) is -1.77. The van der Waals surface area contributed by atoms with Crippen LogP contribution in [0.25, 0.3) is 0 Å². The third kappa shape index (κ3) is 2.95. The molecule has 8 nitrogen and oxygen atoms in total. The Labute approximate surface area is 108 Å². The van der Waals surface area contributed by atoms with Crippen molar-refractivity contribution in [3.05, 3.63) is 27.9 Å². The lowest BCUT2D eigenvalue weighted by atomic mass is 9.99. The number of carboxylic acids is 1. The zero-order chi connectivity index (χ0) is 14.6. The van der Waals surface area contributed by atoms with Gasteiger partial charge in [0.05, 0.1) is 10.5 Å². The van der Waals surface area contributed by atoms with E-state index in [9.17, 15) is 14.9 Å². The van der Waals surface area contributed by atoms with Crippen molar-refractivity contribution in [3.63, 3.8) is 0 Å². The van der Waals surface area contributed by atoms with E-state index in [1.54, 1.807) is 13.0 Å². The van der Waals surface area contributed by atoms with E-state index in [2.05, 4.69) is 10.3 Å². The molecule has 1 heterocycles. The number of nitrogens with zero attached hydrogens (tertiary/aromatic N) is 3. The van der Waals surface area contributed by atoms with Crippen LogP contribution in [0.15, 0.2) is 12.3 Å². The first kappa shape index (κ1) is 14.4. The largest absolute Gasteiger partial charge is 0.480 e. The average molecular weight is 264 g/mol. The molecule has 19 heavy (non-hydrogen) atoms. The van der Waals surface area contributed by atoms with Gasteiger partial charge in [-0.15, -0.1) is 0 Å². The third-order valence-electron chi connectivity index (χ3n) is 2.77. The lowest BCUT2D eigenvalue weighted by Crippen LogP contribution is -2.43. The summed E-state index contributed by atoms with van der Waals surface area (Å²) in [6.07, 6.45) is 1.36. The summed E-state index contributed by atoms with van der Waals surface area (Å²) in [7, 11) is 0. The summed E-state index contributed by atoms with van der Waals surface area (Å²) < 4.78 is 0. The fraction of sp³-hybridized carbons (Fsp3) is 0.364. The summed E-state index contributed by atoms with van der Waals surface area (Å²) >= 11 is 0. The van der Waals surface area contributed by atoms with Crippen molar-refractivity contribution in [2.75, 3.05) is 5.32 Å². The summed E-state index contributed by atoms with van der Waals surface area (Å²) in [5, 5.41) is 31.2. The number of carboxylic acid groups (broad SMARTS) is 1. The molecule has 1 unspecified atom stereocenters. The predicted molar refractivity (Wildman–Crippen MR) is 65.6 cm³/mol. The van der Waals surface area contributed by atoms with Crippen LogP contribution in [0, 0.1) is 21.4 Å². The van der Waals surface area contributed by atoms with Crippen LogP contribution >= 0.6 is 0 Å². The van der Waals surface area contributed by atoms with Crippen molar-refractivity contribution in [2.24, 2.45) is 0 Å². The fourth-order valence-electron chi connectivity index (χ4n) is 1.30. The Kier molecular flexibility index (Phi) is 4.01. The van der Waals surface area contributed by atoms with Crippen LogP contribution in [-0.4, -0.2) is 26.5 Å². The second kappa shape index (κ2) is 5.30. The Morgan fingerprint density at radius 2 is 2.37 bits per heavy atom. The zero-order valence-electron chi connectivity index (χ0n) is 10.4. The van der Waals surface area contributed by atoms with Crippen LogP contribution in [0.5, 0.6) is 0 Å². The second-order valence-corrected chi connectivity index (χ2v) is 4.08. The molecule has 0 bridgehead atoms. The van der Waals surface area contributed by atoms with Crippen molar-refractivity contribution in [2.45, 2.75) is 25.8 Å². The number of hydrogen-bond acceptors (Lipinski definition) is 6. The molecule has 8 heteroatoms.